The number of hydrogen-bond acceptors (Lipinski definition) is 3. The van der Waals surface area contributed by atoms with Gasteiger partial charge in [-0.3, -0.25) is 0 Å². The maximum atomic E-state index is 12.8. The Labute approximate surface area is 145 Å². The summed E-state index contributed by atoms with van der Waals surface area (Å²) in [5.74, 6) is 1.73. The number of piperidine rings is 3. The van der Waals surface area contributed by atoms with Crippen molar-refractivity contribution in [1.82, 2.24) is 9.80 Å². The molecule has 132 valence electrons. The van der Waals surface area contributed by atoms with Gasteiger partial charge in [-0.05, 0) is 69.3 Å². The summed E-state index contributed by atoms with van der Waals surface area (Å²) in [5.41, 5.74) is 1.26. The van der Waals surface area contributed by atoms with Crippen LogP contribution in [0.15, 0.2) is 24.3 Å². The van der Waals surface area contributed by atoms with Gasteiger partial charge in [0.1, 0.15) is 5.75 Å². The monoisotopic (exact) mass is 330 g/mol. The van der Waals surface area contributed by atoms with E-state index in [0.29, 0.717) is 17.6 Å². The number of rotatable bonds is 4. The van der Waals surface area contributed by atoms with Gasteiger partial charge in [-0.15, -0.1) is 0 Å². The summed E-state index contributed by atoms with van der Waals surface area (Å²) in [5, 5.41) is 0. The number of hydrogen-bond donors (Lipinski definition) is 0. The van der Waals surface area contributed by atoms with Gasteiger partial charge in [0, 0.05) is 12.6 Å². The molecule has 2 bridgehead atoms. The minimum Gasteiger partial charge on any atom is -0.410 e. The molecule has 3 fully saturated rings. The molecule has 24 heavy (non-hydrogen) atoms. The van der Waals surface area contributed by atoms with Gasteiger partial charge >= 0.3 is 6.09 Å². The first-order valence-electron chi connectivity index (χ1n) is 9.28. The van der Waals surface area contributed by atoms with Gasteiger partial charge in [0.05, 0.1) is 6.04 Å². The van der Waals surface area contributed by atoms with Gasteiger partial charge in [-0.25, -0.2) is 4.79 Å². The largest absolute Gasteiger partial charge is 0.415 e. The predicted molar refractivity (Wildman–Crippen MR) is 96.5 cm³/mol. The summed E-state index contributed by atoms with van der Waals surface area (Å²) in [4.78, 5) is 17.3. The zero-order valence-corrected chi connectivity index (χ0v) is 15.4. The van der Waals surface area contributed by atoms with Crippen LogP contribution in [0.2, 0.25) is 0 Å². The Hall–Kier alpha value is -1.55. The molecule has 3 heterocycles. The summed E-state index contributed by atoms with van der Waals surface area (Å²) in [6, 6.07) is 8.33. The number of fused-ring (bicyclic) bond motifs is 3. The van der Waals surface area contributed by atoms with Crippen molar-refractivity contribution in [1.29, 1.82) is 0 Å². The number of benzene rings is 1. The molecule has 0 spiro atoms. The van der Waals surface area contributed by atoms with E-state index in [2.05, 4.69) is 32.6 Å². The maximum absolute atomic E-state index is 12.8. The zero-order chi connectivity index (χ0) is 17.3. The van der Waals surface area contributed by atoms with Crippen molar-refractivity contribution in [2.24, 2.45) is 5.92 Å². The fraction of sp³-hybridized carbons (Fsp3) is 0.650. The van der Waals surface area contributed by atoms with Gasteiger partial charge in [-0.1, -0.05) is 26.0 Å². The van der Waals surface area contributed by atoms with E-state index >= 15 is 0 Å². The van der Waals surface area contributed by atoms with E-state index in [9.17, 15) is 4.79 Å². The fourth-order valence-electron chi connectivity index (χ4n) is 4.05. The van der Waals surface area contributed by atoms with Crippen LogP contribution in [0.25, 0.3) is 0 Å². The molecule has 1 amide bonds. The van der Waals surface area contributed by atoms with Crippen molar-refractivity contribution in [3.05, 3.63) is 29.8 Å². The normalized spacial score (nSPS) is 26.0. The lowest BCUT2D eigenvalue weighted by molar-refractivity contribution is 0.00133. The third-order valence-corrected chi connectivity index (χ3v) is 5.50. The van der Waals surface area contributed by atoms with Crippen LogP contribution in [0.1, 0.15) is 52.0 Å². The predicted octanol–water partition coefficient (Wildman–Crippen LogP) is 4.11. The number of ether oxygens (including phenoxy) is 1. The summed E-state index contributed by atoms with van der Waals surface area (Å²) < 4.78 is 5.70. The van der Waals surface area contributed by atoms with Crippen molar-refractivity contribution in [3.63, 3.8) is 0 Å². The van der Waals surface area contributed by atoms with E-state index in [1.807, 2.05) is 29.2 Å². The minimum atomic E-state index is -0.207. The van der Waals surface area contributed by atoms with Crippen LogP contribution in [-0.4, -0.2) is 47.6 Å². The molecular weight excluding hydrogens is 300 g/mol. The average molecular weight is 330 g/mol. The average Bonchev–Trinajstić information content (AvgIpc) is 2.56. The first-order valence-corrected chi connectivity index (χ1v) is 9.28. The SMILES string of the molecule is CC(C)c1ccc(OC(=O)N(C(C)C)C2CN3CCC2CC3)cc1. The maximum Gasteiger partial charge on any atom is 0.415 e. The Kier molecular flexibility index (Phi) is 5.14. The smallest absolute Gasteiger partial charge is 0.410 e. The quantitative estimate of drug-likeness (QED) is 0.833. The summed E-state index contributed by atoms with van der Waals surface area (Å²) in [6.45, 7) is 11.8. The highest BCUT2D eigenvalue weighted by molar-refractivity contribution is 5.71. The van der Waals surface area contributed by atoms with E-state index in [0.717, 1.165) is 6.54 Å². The van der Waals surface area contributed by atoms with E-state index < -0.39 is 0 Å². The second-order valence-corrected chi connectivity index (χ2v) is 7.80. The number of carbonyl (C=O) groups excluding carboxylic acids is 1. The topological polar surface area (TPSA) is 32.8 Å². The van der Waals surface area contributed by atoms with Gasteiger partial charge < -0.3 is 14.5 Å². The summed E-state index contributed by atoms with van der Waals surface area (Å²) >= 11 is 0. The number of nitrogens with zero attached hydrogens (tertiary/aromatic N) is 2. The lowest BCUT2D eigenvalue weighted by Gasteiger charge is -2.49. The Morgan fingerprint density at radius 1 is 1.12 bits per heavy atom. The van der Waals surface area contributed by atoms with Gasteiger partial charge in [0.2, 0.25) is 0 Å². The third kappa shape index (κ3) is 3.59. The van der Waals surface area contributed by atoms with Crippen molar-refractivity contribution in [3.8, 4) is 5.75 Å². The molecule has 0 radical (unpaired) electrons. The van der Waals surface area contributed by atoms with Crippen LogP contribution < -0.4 is 4.74 Å². The Bertz CT molecular complexity index is 560. The molecule has 1 atom stereocenters. The molecule has 1 aromatic rings. The van der Waals surface area contributed by atoms with E-state index in [1.165, 1.54) is 31.5 Å². The van der Waals surface area contributed by atoms with Crippen molar-refractivity contribution < 1.29 is 9.53 Å². The molecule has 1 unspecified atom stereocenters. The molecule has 0 N–H and O–H groups in total. The van der Waals surface area contributed by atoms with E-state index in [1.54, 1.807) is 0 Å². The Morgan fingerprint density at radius 3 is 2.21 bits per heavy atom. The van der Waals surface area contributed by atoms with Crippen LogP contribution in [0, 0.1) is 5.92 Å². The van der Waals surface area contributed by atoms with Gasteiger partial charge in [0.25, 0.3) is 0 Å². The van der Waals surface area contributed by atoms with Crippen LogP contribution in [-0.2, 0) is 0 Å². The molecule has 0 aliphatic carbocycles. The molecule has 0 aromatic heterocycles. The molecular formula is C20H30N2O2. The van der Waals surface area contributed by atoms with Gasteiger partial charge in [0.15, 0.2) is 0 Å². The van der Waals surface area contributed by atoms with Crippen LogP contribution in [0.3, 0.4) is 0 Å². The minimum absolute atomic E-state index is 0.151. The van der Waals surface area contributed by atoms with Crippen LogP contribution in [0.5, 0.6) is 5.75 Å². The Balaban J connectivity index is 1.70. The molecule has 4 rings (SSSR count). The van der Waals surface area contributed by atoms with Crippen molar-refractivity contribution in [2.45, 2.75) is 58.5 Å². The third-order valence-electron chi connectivity index (χ3n) is 5.50. The molecule has 4 heteroatoms. The van der Waals surface area contributed by atoms with Crippen molar-refractivity contribution >= 4 is 6.09 Å². The molecule has 0 saturated carbocycles. The highest BCUT2D eigenvalue weighted by Crippen LogP contribution is 2.32. The first kappa shape index (κ1) is 17.3. The second-order valence-electron chi connectivity index (χ2n) is 7.80. The summed E-state index contributed by atoms with van der Waals surface area (Å²) in [7, 11) is 0. The second kappa shape index (κ2) is 7.14. The number of amides is 1. The summed E-state index contributed by atoms with van der Waals surface area (Å²) in [6.07, 6.45) is 2.19. The highest BCUT2D eigenvalue weighted by Gasteiger charge is 2.40. The highest BCUT2D eigenvalue weighted by atomic mass is 16.6. The molecule has 3 aliphatic heterocycles. The lowest BCUT2D eigenvalue weighted by Crippen LogP contribution is -2.60. The first-order chi connectivity index (χ1) is 11.5. The Morgan fingerprint density at radius 2 is 1.75 bits per heavy atom. The standard InChI is InChI=1S/C20H30N2O2/c1-14(2)16-5-7-18(8-6-16)24-20(23)22(15(3)4)19-13-21-11-9-17(19)10-12-21/h5-8,14-15,17,19H,9-13H2,1-4H3. The fourth-order valence-corrected chi connectivity index (χ4v) is 4.05. The zero-order valence-electron chi connectivity index (χ0n) is 15.4. The molecule has 1 aromatic carbocycles. The van der Waals surface area contributed by atoms with Crippen LogP contribution >= 0.6 is 0 Å². The van der Waals surface area contributed by atoms with Gasteiger partial charge in [-0.2, -0.15) is 0 Å². The molecule has 3 saturated heterocycles. The number of carbonyl (C=O) groups is 1. The van der Waals surface area contributed by atoms with Crippen LogP contribution in [0.4, 0.5) is 4.79 Å². The van der Waals surface area contributed by atoms with Crippen molar-refractivity contribution in [2.75, 3.05) is 19.6 Å². The molecule has 4 nitrogen and oxygen atoms in total. The molecule has 3 aliphatic rings. The van der Waals surface area contributed by atoms with E-state index in [-0.39, 0.29) is 18.2 Å². The lowest BCUT2D eigenvalue weighted by atomic mass is 9.83. The van der Waals surface area contributed by atoms with E-state index in [4.69, 9.17) is 4.74 Å².